The van der Waals surface area contributed by atoms with Gasteiger partial charge in [0.15, 0.2) is 23.9 Å². The van der Waals surface area contributed by atoms with Gasteiger partial charge in [-0.2, -0.15) is 0 Å². The molecule has 0 spiro atoms. The number of carbonyl (C=O) groups is 2. The molecule has 30 heavy (non-hydrogen) atoms. The van der Waals surface area contributed by atoms with E-state index in [1.54, 1.807) is 29.5 Å². The lowest BCUT2D eigenvalue weighted by Gasteiger charge is -2.36. The summed E-state index contributed by atoms with van der Waals surface area (Å²) in [6, 6.07) is 17.1. The first kappa shape index (κ1) is 20.2. The van der Waals surface area contributed by atoms with Gasteiger partial charge in [0.05, 0.1) is 13.2 Å². The topological polar surface area (TPSA) is 55.8 Å². The van der Waals surface area contributed by atoms with Gasteiger partial charge < -0.3 is 14.4 Å². The molecule has 0 bridgehead atoms. The first-order chi connectivity index (χ1) is 14.6. The largest absolute Gasteiger partial charge is 0.493 e. The second kappa shape index (κ2) is 8.71. The summed E-state index contributed by atoms with van der Waals surface area (Å²) >= 11 is 1.74. The summed E-state index contributed by atoms with van der Waals surface area (Å²) in [6.07, 6.45) is 0.846. The summed E-state index contributed by atoms with van der Waals surface area (Å²) in [6.45, 7) is 2.05. The molecule has 0 fully saturated rings. The summed E-state index contributed by atoms with van der Waals surface area (Å²) in [5, 5.41) is 2.09. The van der Waals surface area contributed by atoms with Crippen molar-refractivity contribution in [3.8, 4) is 11.5 Å². The SMILES string of the molecule is COc1cc(C(C)=O)ccc1OCC(=O)N1CCc2sccc2[C@H]1c1ccccc1. The van der Waals surface area contributed by atoms with Gasteiger partial charge in [0, 0.05) is 17.0 Å². The molecule has 6 heteroatoms. The number of nitrogens with zero attached hydrogens (tertiary/aromatic N) is 1. The number of ketones is 1. The van der Waals surface area contributed by atoms with E-state index in [0.717, 1.165) is 12.0 Å². The van der Waals surface area contributed by atoms with Gasteiger partial charge in [-0.05, 0) is 54.1 Å². The molecule has 4 rings (SSSR count). The minimum Gasteiger partial charge on any atom is -0.493 e. The maximum absolute atomic E-state index is 13.2. The van der Waals surface area contributed by atoms with Crippen LogP contribution in [-0.2, 0) is 11.2 Å². The van der Waals surface area contributed by atoms with Crippen molar-refractivity contribution in [1.82, 2.24) is 4.90 Å². The van der Waals surface area contributed by atoms with Crippen molar-refractivity contribution in [3.05, 3.63) is 81.5 Å². The first-order valence-corrected chi connectivity index (χ1v) is 10.7. The van der Waals surface area contributed by atoms with Crippen LogP contribution >= 0.6 is 11.3 Å². The molecule has 1 atom stereocenters. The number of amides is 1. The Morgan fingerprint density at radius 2 is 1.90 bits per heavy atom. The Kier molecular flexibility index (Phi) is 5.86. The zero-order valence-corrected chi connectivity index (χ0v) is 17.8. The van der Waals surface area contributed by atoms with Crippen LogP contribution in [0.1, 0.15) is 39.3 Å². The third-order valence-corrected chi connectivity index (χ3v) is 6.32. The predicted molar refractivity (Wildman–Crippen MR) is 117 cm³/mol. The second-order valence-electron chi connectivity index (χ2n) is 7.16. The molecular formula is C24H23NO4S. The smallest absolute Gasteiger partial charge is 0.261 e. The van der Waals surface area contributed by atoms with Crippen molar-refractivity contribution in [1.29, 1.82) is 0 Å². The van der Waals surface area contributed by atoms with E-state index in [0.29, 0.717) is 23.6 Å². The third kappa shape index (κ3) is 3.96. The van der Waals surface area contributed by atoms with E-state index in [4.69, 9.17) is 9.47 Å². The number of fused-ring (bicyclic) bond motifs is 1. The summed E-state index contributed by atoms with van der Waals surface area (Å²) in [4.78, 5) is 28.0. The maximum atomic E-state index is 13.2. The van der Waals surface area contributed by atoms with Crippen molar-refractivity contribution >= 4 is 23.0 Å². The molecule has 3 aromatic rings. The molecule has 2 aromatic carbocycles. The maximum Gasteiger partial charge on any atom is 0.261 e. The number of carbonyl (C=O) groups excluding carboxylic acids is 2. The number of ether oxygens (including phenoxy) is 2. The van der Waals surface area contributed by atoms with E-state index in [2.05, 4.69) is 23.6 Å². The normalized spacial score (nSPS) is 15.4. The molecule has 1 amide bonds. The van der Waals surface area contributed by atoms with E-state index >= 15 is 0 Å². The van der Waals surface area contributed by atoms with Gasteiger partial charge in [-0.15, -0.1) is 11.3 Å². The number of methoxy groups -OCH3 is 1. The fourth-order valence-electron chi connectivity index (χ4n) is 3.81. The molecule has 1 aliphatic heterocycles. The average molecular weight is 422 g/mol. The molecule has 0 saturated carbocycles. The van der Waals surface area contributed by atoms with Crippen LogP contribution < -0.4 is 9.47 Å². The van der Waals surface area contributed by atoms with Crippen LogP contribution in [0.15, 0.2) is 60.0 Å². The highest BCUT2D eigenvalue weighted by Crippen LogP contribution is 2.38. The van der Waals surface area contributed by atoms with Crippen LogP contribution in [0.25, 0.3) is 0 Å². The first-order valence-electron chi connectivity index (χ1n) is 9.81. The quantitative estimate of drug-likeness (QED) is 0.550. The lowest BCUT2D eigenvalue weighted by Crippen LogP contribution is -2.42. The van der Waals surface area contributed by atoms with E-state index in [-0.39, 0.29) is 24.3 Å². The Labute approximate surface area is 179 Å². The van der Waals surface area contributed by atoms with Crippen LogP contribution in [0.2, 0.25) is 0 Å². The van der Waals surface area contributed by atoms with E-state index < -0.39 is 0 Å². The van der Waals surface area contributed by atoms with Gasteiger partial charge in [0.25, 0.3) is 5.91 Å². The van der Waals surface area contributed by atoms with Crippen molar-refractivity contribution in [2.24, 2.45) is 0 Å². The van der Waals surface area contributed by atoms with Gasteiger partial charge in [-0.1, -0.05) is 30.3 Å². The number of Topliss-reactive ketones (excluding diaryl/α,β-unsaturated/α-hetero) is 1. The van der Waals surface area contributed by atoms with Crippen molar-refractivity contribution in [3.63, 3.8) is 0 Å². The Morgan fingerprint density at radius 1 is 1.10 bits per heavy atom. The van der Waals surface area contributed by atoms with E-state index in [1.807, 2.05) is 23.1 Å². The van der Waals surface area contributed by atoms with Crippen molar-refractivity contribution < 1.29 is 19.1 Å². The summed E-state index contributed by atoms with van der Waals surface area (Å²) in [5.74, 6) is 0.745. The Hall–Kier alpha value is -3.12. The summed E-state index contributed by atoms with van der Waals surface area (Å²) in [7, 11) is 1.52. The highest BCUT2D eigenvalue weighted by molar-refractivity contribution is 7.10. The highest BCUT2D eigenvalue weighted by atomic mass is 32.1. The molecular weight excluding hydrogens is 398 g/mol. The standard InChI is InChI=1S/C24H23NO4S/c1-16(26)18-8-9-20(21(14-18)28-2)29-15-23(27)25-12-10-22-19(11-13-30-22)24(25)17-6-4-3-5-7-17/h3-9,11,13-14,24H,10,12,15H2,1-2H3/t24-/m1/s1. The van der Waals surface area contributed by atoms with Gasteiger partial charge in [-0.3, -0.25) is 9.59 Å². The number of benzene rings is 2. The monoisotopic (exact) mass is 421 g/mol. The fraction of sp³-hybridized carbons (Fsp3) is 0.250. The van der Waals surface area contributed by atoms with Crippen LogP contribution in [-0.4, -0.2) is 36.9 Å². The lowest BCUT2D eigenvalue weighted by molar-refractivity contribution is -0.135. The second-order valence-corrected chi connectivity index (χ2v) is 8.16. The predicted octanol–water partition coefficient (Wildman–Crippen LogP) is 4.51. The van der Waals surface area contributed by atoms with E-state index in [9.17, 15) is 9.59 Å². The van der Waals surface area contributed by atoms with E-state index in [1.165, 1.54) is 24.5 Å². The molecule has 1 aromatic heterocycles. The fourth-order valence-corrected chi connectivity index (χ4v) is 4.71. The van der Waals surface area contributed by atoms with Crippen LogP contribution in [0, 0.1) is 0 Å². The van der Waals surface area contributed by atoms with Crippen LogP contribution in [0.3, 0.4) is 0 Å². The summed E-state index contributed by atoms with van der Waals surface area (Å²) < 4.78 is 11.1. The molecule has 0 unspecified atom stereocenters. The zero-order valence-electron chi connectivity index (χ0n) is 17.0. The molecule has 0 aliphatic carbocycles. The minimum absolute atomic E-state index is 0.0542. The van der Waals surface area contributed by atoms with Crippen molar-refractivity contribution in [2.75, 3.05) is 20.3 Å². The average Bonchev–Trinajstić information content (AvgIpc) is 3.26. The van der Waals surface area contributed by atoms with Crippen LogP contribution in [0.4, 0.5) is 0 Å². The highest BCUT2D eigenvalue weighted by Gasteiger charge is 2.32. The van der Waals surface area contributed by atoms with Crippen molar-refractivity contribution in [2.45, 2.75) is 19.4 Å². The Morgan fingerprint density at radius 3 is 2.63 bits per heavy atom. The number of thiophene rings is 1. The Bertz CT molecular complexity index is 1060. The Balaban J connectivity index is 1.55. The molecule has 2 heterocycles. The van der Waals surface area contributed by atoms with Gasteiger partial charge in [-0.25, -0.2) is 0 Å². The van der Waals surface area contributed by atoms with Crippen LogP contribution in [0.5, 0.6) is 11.5 Å². The molecule has 5 nitrogen and oxygen atoms in total. The zero-order chi connectivity index (χ0) is 21.1. The van der Waals surface area contributed by atoms with Gasteiger partial charge >= 0.3 is 0 Å². The van der Waals surface area contributed by atoms with Gasteiger partial charge in [0.2, 0.25) is 0 Å². The molecule has 0 radical (unpaired) electrons. The molecule has 1 aliphatic rings. The number of rotatable bonds is 6. The number of hydrogen-bond donors (Lipinski definition) is 0. The lowest BCUT2D eigenvalue weighted by atomic mass is 9.93. The molecule has 154 valence electrons. The summed E-state index contributed by atoms with van der Waals surface area (Å²) in [5.41, 5.74) is 2.82. The minimum atomic E-state index is -0.112. The number of hydrogen-bond acceptors (Lipinski definition) is 5. The molecule has 0 saturated heterocycles. The molecule has 0 N–H and O–H groups in total. The van der Waals surface area contributed by atoms with Gasteiger partial charge in [0.1, 0.15) is 0 Å². The third-order valence-electron chi connectivity index (χ3n) is 5.32.